The van der Waals surface area contributed by atoms with Crippen LogP contribution >= 0.6 is 0 Å². The zero-order valence-electron chi connectivity index (χ0n) is 16.0. The molecule has 1 aliphatic heterocycles. The summed E-state index contributed by atoms with van der Waals surface area (Å²) in [4.78, 5) is 30.6. The van der Waals surface area contributed by atoms with Crippen molar-refractivity contribution < 1.29 is 14.6 Å². The molecular formula is C18H22N8O3. The van der Waals surface area contributed by atoms with Crippen LogP contribution in [0.2, 0.25) is 0 Å². The van der Waals surface area contributed by atoms with Gasteiger partial charge in [-0.2, -0.15) is 10.1 Å². The number of nitrogens with zero attached hydrogens (tertiary/aromatic N) is 7. The fraction of sp³-hybridized carbons (Fsp3) is 0.444. The summed E-state index contributed by atoms with van der Waals surface area (Å²) in [5.74, 6) is 0.408. The average molecular weight is 398 g/mol. The summed E-state index contributed by atoms with van der Waals surface area (Å²) in [5, 5.41) is 16.9. The molecule has 3 aromatic rings. The lowest BCUT2D eigenvalue weighted by Gasteiger charge is -2.17. The van der Waals surface area contributed by atoms with Crippen LogP contribution in [0.3, 0.4) is 0 Å². The smallest absolute Gasteiger partial charge is 0.308 e. The maximum Gasteiger partial charge on any atom is 0.308 e. The highest BCUT2D eigenvalue weighted by molar-refractivity contribution is 5.88. The van der Waals surface area contributed by atoms with E-state index in [4.69, 9.17) is 4.74 Å². The molecule has 4 rings (SSSR count). The van der Waals surface area contributed by atoms with Gasteiger partial charge in [0.1, 0.15) is 23.2 Å². The third kappa shape index (κ3) is 4.09. The molecule has 0 radical (unpaired) electrons. The Bertz CT molecular complexity index is 993. The van der Waals surface area contributed by atoms with E-state index < -0.39 is 11.9 Å². The standard InChI is InChI=1S/C18H22N8O3/c1-2-29-8-7-26-15-13(9-21-26)22-18(25-6-4-12(10-25)17(27)28)24-16(15)23-14-3-5-19-11-20-14/h3,5,9,11-12H,2,4,6-8,10H2,1H3,(H,27,28)(H,19,20,22,23,24)/t12-/m0/s1. The Labute approximate surface area is 166 Å². The summed E-state index contributed by atoms with van der Waals surface area (Å²) in [6, 6.07) is 1.74. The Hall–Kier alpha value is -3.34. The first-order chi connectivity index (χ1) is 14.2. The molecule has 0 saturated carbocycles. The van der Waals surface area contributed by atoms with Crippen LogP contribution in [0.15, 0.2) is 24.8 Å². The van der Waals surface area contributed by atoms with E-state index in [2.05, 4.69) is 30.4 Å². The third-order valence-electron chi connectivity index (χ3n) is 4.78. The second-order valence-corrected chi connectivity index (χ2v) is 6.66. The maximum atomic E-state index is 11.3. The van der Waals surface area contributed by atoms with Crippen molar-refractivity contribution in [2.75, 3.05) is 36.5 Å². The van der Waals surface area contributed by atoms with Crippen molar-refractivity contribution in [3.63, 3.8) is 0 Å². The van der Waals surface area contributed by atoms with E-state index in [9.17, 15) is 9.90 Å². The number of aromatic nitrogens is 6. The van der Waals surface area contributed by atoms with Gasteiger partial charge >= 0.3 is 5.97 Å². The Kier molecular flexibility index (Phi) is 5.47. The number of rotatable bonds is 8. The highest BCUT2D eigenvalue weighted by Crippen LogP contribution is 2.28. The maximum absolute atomic E-state index is 11.3. The van der Waals surface area contributed by atoms with Crippen molar-refractivity contribution in [3.05, 3.63) is 24.8 Å². The van der Waals surface area contributed by atoms with E-state index in [0.29, 0.717) is 62.4 Å². The molecule has 152 valence electrons. The molecule has 0 aromatic carbocycles. The van der Waals surface area contributed by atoms with E-state index >= 15 is 0 Å². The van der Waals surface area contributed by atoms with Crippen LogP contribution in [0.1, 0.15) is 13.3 Å². The van der Waals surface area contributed by atoms with Crippen molar-refractivity contribution in [2.45, 2.75) is 19.9 Å². The second kappa shape index (κ2) is 8.35. The van der Waals surface area contributed by atoms with Gasteiger partial charge in [0, 0.05) is 25.9 Å². The third-order valence-corrected chi connectivity index (χ3v) is 4.78. The number of aliphatic carboxylic acids is 1. The van der Waals surface area contributed by atoms with Crippen molar-refractivity contribution in [1.29, 1.82) is 0 Å². The molecule has 11 nitrogen and oxygen atoms in total. The van der Waals surface area contributed by atoms with Gasteiger partial charge in [-0.3, -0.25) is 9.48 Å². The van der Waals surface area contributed by atoms with Crippen LogP contribution in [0, 0.1) is 5.92 Å². The Morgan fingerprint density at radius 2 is 2.31 bits per heavy atom. The van der Waals surface area contributed by atoms with Gasteiger partial charge in [-0.05, 0) is 19.4 Å². The first-order valence-electron chi connectivity index (χ1n) is 9.47. The van der Waals surface area contributed by atoms with Gasteiger partial charge in [0.15, 0.2) is 5.82 Å². The minimum atomic E-state index is -0.795. The molecule has 3 aromatic heterocycles. The fourth-order valence-electron chi connectivity index (χ4n) is 3.31. The topological polar surface area (TPSA) is 131 Å². The summed E-state index contributed by atoms with van der Waals surface area (Å²) >= 11 is 0. The molecule has 4 heterocycles. The lowest BCUT2D eigenvalue weighted by molar-refractivity contribution is -0.140. The molecule has 1 fully saturated rings. The number of fused-ring (bicyclic) bond motifs is 1. The lowest BCUT2D eigenvalue weighted by atomic mass is 10.1. The number of ether oxygens (including phenoxy) is 1. The molecule has 1 saturated heterocycles. The molecular weight excluding hydrogens is 376 g/mol. The highest BCUT2D eigenvalue weighted by atomic mass is 16.5. The first kappa shape index (κ1) is 19.0. The molecule has 1 aliphatic rings. The number of anilines is 3. The molecule has 0 spiro atoms. The van der Waals surface area contributed by atoms with Crippen molar-refractivity contribution in [2.24, 2.45) is 5.92 Å². The van der Waals surface area contributed by atoms with Gasteiger partial charge in [0.2, 0.25) is 5.95 Å². The largest absolute Gasteiger partial charge is 0.481 e. The molecule has 29 heavy (non-hydrogen) atoms. The molecule has 11 heteroatoms. The number of carboxylic acids is 1. The minimum absolute atomic E-state index is 0.381. The van der Waals surface area contributed by atoms with E-state index in [1.54, 1.807) is 23.1 Å². The lowest BCUT2D eigenvalue weighted by Crippen LogP contribution is -2.24. The van der Waals surface area contributed by atoms with Gasteiger partial charge in [0.05, 0.1) is 25.3 Å². The summed E-state index contributed by atoms with van der Waals surface area (Å²) in [7, 11) is 0. The van der Waals surface area contributed by atoms with Gasteiger partial charge in [0.25, 0.3) is 0 Å². The molecule has 2 N–H and O–H groups in total. The normalized spacial score (nSPS) is 16.4. The van der Waals surface area contributed by atoms with Gasteiger partial charge in [-0.1, -0.05) is 0 Å². The van der Waals surface area contributed by atoms with Crippen molar-refractivity contribution in [1.82, 2.24) is 29.7 Å². The van der Waals surface area contributed by atoms with Crippen LogP contribution in [0.4, 0.5) is 17.6 Å². The van der Waals surface area contributed by atoms with E-state index in [-0.39, 0.29) is 0 Å². The number of nitrogens with one attached hydrogen (secondary N) is 1. The van der Waals surface area contributed by atoms with E-state index in [1.807, 2.05) is 11.8 Å². The van der Waals surface area contributed by atoms with Crippen molar-refractivity contribution >= 4 is 34.6 Å². The average Bonchev–Trinajstić information content (AvgIpc) is 3.37. The number of hydrogen-bond donors (Lipinski definition) is 2. The van der Waals surface area contributed by atoms with Crippen LogP contribution in [0.5, 0.6) is 0 Å². The van der Waals surface area contributed by atoms with E-state index in [1.165, 1.54) is 6.33 Å². The van der Waals surface area contributed by atoms with Crippen molar-refractivity contribution in [3.8, 4) is 0 Å². The van der Waals surface area contributed by atoms with Gasteiger partial charge in [-0.25, -0.2) is 15.0 Å². The zero-order chi connectivity index (χ0) is 20.2. The molecule has 0 aliphatic carbocycles. The second-order valence-electron chi connectivity index (χ2n) is 6.66. The van der Waals surface area contributed by atoms with Crippen LogP contribution in [-0.2, 0) is 16.1 Å². The molecule has 0 bridgehead atoms. The molecule has 0 unspecified atom stereocenters. The fourth-order valence-corrected chi connectivity index (χ4v) is 3.31. The SMILES string of the molecule is CCOCCn1ncc2nc(N3CC[C@H](C(=O)O)C3)nc(Nc3ccncn3)c21. The van der Waals surface area contributed by atoms with Crippen LogP contribution in [-0.4, -0.2) is 67.1 Å². The summed E-state index contributed by atoms with van der Waals surface area (Å²) in [6.07, 6.45) is 5.34. The summed E-state index contributed by atoms with van der Waals surface area (Å²) < 4.78 is 7.24. The first-order valence-corrected chi connectivity index (χ1v) is 9.47. The molecule has 0 amide bonds. The van der Waals surface area contributed by atoms with Gasteiger partial charge < -0.3 is 20.1 Å². The molecule has 1 atom stereocenters. The van der Waals surface area contributed by atoms with Crippen LogP contribution < -0.4 is 10.2 Å². The Morgan fingerprint density at radius 1 is 1.41 bits per heavy atom. The van der Waals surface area contributed by atoms with Gasteiger partial charge in [-0.15, -0.1) is 0 Å². The summed E-state index contributed by atoms with van der Waals surface area (Å²) in [6.45, 7) is 4.63. The predicted octanol–water partition coefficient (Wildman–Crippen LogP) is 1.31. The minimum Gasteiger partial charge on any atom is -0.481 e. The number of hydrogen-bond acceptors (Lipinski definition) is 9. The quantitative estimate of drug-likeness (QED) is 0.535. The number of carbonyl (C=O) groups is 1. The monoisotopic (exact) mass is 398 g/mol. The van der Waals surface area contributed by atoms with E-state index in [0.717, 1.165) is 5.52 Å². The Morgan fingerprint density at radius 3 is 3.03 bits per heavy atom. The highest BCUT2D eigenvalue weighted by Gasteiger charge is 2.30. The van der Waals surface area contributed by atoms with Crippen LogP contribution in [0.25, 0.3) is 11.0 Å². The zero-order valence-corrected chi connectivity index (χ0v) is 16.0. The summed E-state index contributed by atoms with van der Waals surface area (Å²) in [5.41, 5.74) is 1.41. The predicted molar refractivity (Wildman–Crippen MR) is 105 cm³/mol. The Balaban J connectivity index is 1.70. The number of carboxylic acid groups (broad SMARTS) is 1.